The molecule has 1 rings (SSSR count). The van der Waals surface area contributed by atoms with Gasteiger partial charge in [0.15, 0.2) is 0 Å². The quantitative estimate of drug-likeness (QED) is 0.784. The molecule has 1 amide bonds. The molecule has 0 saturated heterocycles. The van der Waals surface area contributed by atoms with Crippen molar-refractivity contribution >= 4 is 11.9 Å². The van der Waals surface area contributed by atoms with E-state index in [0.29, 0.717) is 0 Å². The number of carboxylic acids is 1. The van der Waals surface area contributed by atoms with E-state index < -0.39 is 17.3 Å². The molecule has 0 aromatic heterocycles. The summed E-state index contributed by atoms with van der Waals surface area (Å²) in [6.07, 6.45) is 0. The second-order valence-electron chi connectivity index (χ2n) is 4.54. The van der Waals surface area contributed by atoms with Gasteiger partial charge in [-0.05, 0) is 26.3 Å². The Morgan fingerprint density at radius 2 is 1.76 bits per heavy atom. The van der Waals surface area contributed by atoms with Crippen molar-refractivity contribution in [3.63, 3.8) is 0 Å². The van der Waals surface area contributed by atoms with Gasteiger partial charge in [0.2, 0.25) is 5.91 Å². The molecule has 0 unspecified atom stereocenters. The molecule has 1 aromatic carbocycles. The number of carbonyl (C=O) groups is 2. The fourth-order valence-corrected chi connectivity index (χ4v) is 1.30. The van der Waals surface area contributed by atoms with Gasteiger partial charge in [0, 0.05) is 0 Å². The van der Waals surface area contributed by atoms with E-state index in [1.807, 2.05) is 37.3 Å². The largest absolute Gasteiger partial charge is 0.480 e. The zero-order valence-corrected chi connectivity index (χ0v) is 10.2. The van der Waals surface area contributed by atoms with Crippen LogP contribution in [-0.2, 0) is 9.59 Å². The molecule has 0 spiro atoms. The summed E-state index contributed by atoms with van der Waals surface area (Å²) in [6, 6.07) is 9.21. The van der Waals surface area contributed by atoms with Gasteiger partial charge in [-0.25, -0.2) is 0 Å². The van der Waals surface area contributed by atoms with Gasteiger partial charge in [-0.1, -0.05) is 30.3 Å². The minimum absolute atomic E-state index is 0.206. The van der Waals surface area contributed by atoms with Gasteiger partial charge in [-0.2, -0.15) is 0 Å². The molecule has 1 aromatic rings. The predicted octanol–water partition coefficient (Wildman–Crippen LogP) is 1.97. The molecule has 0 heterocycles. The topological polar surface area (TPSA) is 66.4 Å². The molecule has 0 aliphatic rings. The van der Waals surface area contributed by atoms with Crippen LogP contribution in [0, 0.1) is 5.41 Å². The van der Waals surface area contributed by atoms with Gasteiger partial charge in [0.05, 0.1) is 6.04 Å². The van der Waals surface area contributed by atoms with Crippen molar-refractivity contribution in [1.29, 1.82) is 0 Å². The molecular formula is C13H17NO3. The standard InChI is InChI=1S/C13H17NO3/c1-9(10-7-5-4-6-8-10)14-11(15)13(2,3)12(16)17/h4-9H,1-3H3,(H,14,15)(H,16,17)/t9-/m1/s1. The van der Waals surface area contributed by atoms with E-state index >= 15 is 0 Å². The molecule has 92 valence electrons. The number of carbonyl (C=O) groups excluding carboxylic acids is 1. The Bertz CT molecular complexity index is 412. The number of rotatable bonds is 4. The van der Waals surface area contributed by atoms with Crippen LogP contribution in [0.25, 0.3) is 0 Å². The first-order valence-electron chi connectivity index (χ1n) is 5.45. The first-order chi connectivity index (χ1) is 7.85. The zero-order valence-electron chi connectivity index (χ0n) is 10.2. The molecule has 17 heavy (non-hydrogen) atoms. The fraction of sp³-hybridized carbons (Fsp3) is 0.385. The maximum atomic E-state index is 11.8. The average molecular weight is 235 g/mol. The van der Waals surface area contributed by atoms with E-state index in [9.17, 15) is 9.59 Å². The van der Waals surface area contributed by atoms with Crippen LogP contribution in [0.3, 0.4) is 0 Å². The van der Waals surface area contributed by atoms with Crippen LogP contribution in [0.5, 0.6) is 0 Å². The number of benzene rings is 1. The van der Waals surface area contributed by atoms with Crippen LogP contribution in [-0.4, -0.2) is 17.0 Å². The monoisotopic (exact) mass is 235 g/mol. The fourth-order valence-electron chi connectivity index (χ4n) is 1.30. The van der Waals surface area contributed by atoms with Crippen LogP contribution in [0.1, 0.15) is 32.4 Å². The number of hydrogen-bond acceptors (Lipinski definition) is 2. The van der Waals surface area contributed by atoms with E-state index in [1.165, 1.54) is 13.8 Å². The molecule has 0 radical (unpaired) electrons. The second-order valence-corrected chi connectivity index (χ2v) is 4.54. The van der Waals surface area contributed by atoms with Crippen molar-refractivity contribution < 1.29 is 14.7 Å². The van der Waals surface area contributed by atoms with Crippen LogP contribution >= 0.6 is 0 Å². The lowest BCUT2D eigenvalue weighted by molar-refractivity contribution is -0.153. The molecule has 1 atom stereocenters. The van der Waals surface area contributed by atoms with Gasteiger partial charge in [-0.3, -0.25) is 9.59 Å². The molecule has 2 N–H and O–H groups in total. The van der Waals surface area contributed by atoms with Crippen molar-refractivity contribution in [1.82, 2.24) is 5.32 Å². The van der Waals surface area contributed by atoms with Crippen LogP contribution < -0.4 is 5.32 Å². The first-order valence-corrected chi connectivity index (χ1v) is 5.45. The lowest BCUT2D eigenvalue weighted by atomic mass is 9.92. The lowest BCUT2D eigenvalue weighted by Gasteiger charge is -2.22. The molecule has 4 heteroatoms. The van der Waals surface area contributed by atoms with E-state index in [2.05, 4.69) is 5.32 Å². The smallest absolute Gasteiger partial charge is 0.318 e. The minimum Gasteiger partial charge on any atom is -0.480 e. The number of carboxylic acid groups (broad SMARTS) is 1. The summed E-state index contributed by atoms with van der Waals surface area (Å²) in [4.78, 5) is 22.7. The number of nitrogens with one attached hydrogen (secondary N) is 1. The van der Waals surface area contributed by atoms with Gasteiger partial charge in [-0.15, -0.1) is 0 Å². The van der Waals surface area contributed by atoms with Crippen LogP contribution in [0.4, 0.5) is 0 Å². The summed E-state index contributed by atoms with van der Waals surface area (Å²) in [5, 5.41) is 11.6. The highest BCUT2D eigenvalue weighted by molar-refractivity contribution is 6.01. The van der Waals surface area contributed by atoms with Crippen molar-refractivity contribution in [2.45, 2.75) is 26.8 Å². The van der Waals surface area contributed by atoms with E-state index in [0.717, 1.165) is 5.56 Å². The molecule has 4 nitrogen and oxygen atoms in total. The van der Waals surface area contributed by atoms with E-state index in [-0.39, 0.29) is 6.04 Å². The molecule has 0 bridgehead atoms. The van der Waals surface area contributed by atoms with Crippen LogP contribution in [0.2, 0.25) is 0 Å². The highest BCUT2D eigenvalue weighted by Crippen LogP contribution is 2.18. The maximum absolute atomic E-state index is 11.8. The third-order valence-corrected chi connectivity index (χ3v) is 2.75. The number of hydrogen-bond donors (Lipinski definition) is 2. The third-order valence-electron chi connectivity index (χ3n) is 2.75. The Balaban J connectivity index is 2.74. The van der Waals surface area contributed by atoms with E-state index in [4.69, 9.17) is 5.11 Å². The summed E-state index contributed by atoms with van der Waals surface area (Å²) in [5.41, 5.74) is -0.467. The summed E-state index contributed by atoms with van der Waals surface area (Å²) in [6.45, 7) is 4.61. The van der Waals surface area contributed by atoms with Crippen molar-refractivity contribution in [2.75, 3.05) is 0 Å². The Labute approximate surface area is 101 Å². The number of amides is 1. The van der Waals surface area contributed by atoms with Gasteiger partial charge in [0.25, 0.3) is 0 Å². The zero-order chi connectivity index (χ0) is 13.1. The molecule has 0 aliphatic heterocycles. The number of aliphatic carboxylic acids is 1. The molecular weight excluding hydrogens is 218 g/mol. The minimum atomic E-state index is -1.41. The third kappa shape index (κ3) is 3.06. The van der Waals surface area contributed by atoms with E-state index in [1.54, 1.807) is 0 Å². The molecule has 0 aliphatic carbocycles. The maximum Gasteiger partial charge on any atom is 0.318 e. The Hall–Kier alpha value is -1.84. The van der Waals surface area contributed by atoms with Crippen molar-refractivity contribution in [3.05, 3.63) is 35.9 Å². The Morgan fingerprint density at radius 1 is 1.24 bits per heavy atom. The van der Waals surface area contributed by atoms with Crippen LogP contribution in [0.15, 0.2) is 30.3 Å². The van der Waals surface area contributed by atoms with Gasteiger partial charge < -0.3 is 10.4 Å². The van der Waals surface area contributed by atoms with Gasteiger partial charge >= 0.3 is 5.97 Å². The highest BCUT2D eigenvalue weighted by atomic mass is 16.4. The second kappa shape index (κ2) is 4.99. The van der Waals surface area contributed by atoms with Crippen molar-refractivity contribution in [3.8, 4) is 0 Å². The van der Waals surface area contributed by atoms with Crippen molar-refractivity contribution in [2.24, 2.45) is 5.41 Å². The highest BCUT2D eigenvalue weighted by Gasteiger charge is 2.36. The average Bonchev–Trinajstić information content (AvgIpc) is 2.29. The SMILES string of the molecule is C[C@@H](NC(=O)C(C)(C)C(=O)O)c1ccccc1. The molecule has 0 saturated carbocycles. The summed E-state index contributed by atoms with van der Waals surface area (Å²) < 4.78 is 0. The Morgan fingerprint density at radius 3 is 2.24 bits per heavy atom. The Kier molecular flexibility index (Phi) is 3.89. The first kappa shape index (κ1) is 13.2. The lowest BCUT2D eigenvalue weighted by Crippen LogP contribution is -2.43. The summed E-state index contributed by atoms with van der Waals surface area (Å²) in [5.74, 6) is -1.61. The van der Waals surface area contributed by atoms with Gasteiger partial charge in [0.1, 0.15) is 5.41 Å². The predicted molar refractivity (Wildman–Crippen MR) is 64.4 cm³/mol. The summed E-state index contributed by atoms with van der Waals surface area (Å²) >= 11 is 0. The normalized spacial score (nSPS) is 12.9. The molecule has 0 fully saturated rings. The summed E-state index contributed by atoms with van der Waals surface area (Å²) in [7, 11) is 0.